The molecule has 0 saturated heterocycles. The van der Waals surface area contributed by atoms with Gasteiger partial charge in [-0.15, -0.1) is 0 Å². The summed E-state index contributed by atoms with van der Waals surface area (Å²) in [4.78, 5) is 19.0. The molecule has 0 N–H and O–H groups in total. The SMILES string of the molecule is O=c1c2ccccc2nc2c3ccc(-n4c5ccccc5c5ccc6c7ccccc7n(-c7ccccc7)c6c54)cc3c3ccccc3n12. The molecular formula is C44H26N4O. The lowest BCUT2D eigenvalue weighted by Crippen LogP contribution is -2.16. The summed E-state index contributed by atoms with van der Waals surface area (Å²) in [6, 6.07) is 54.9. The van der Waals surface area contributed by atoms with Crippen molar-refractivity contribution in [3.8, 4) is 11.4 Å². The molecule has 228 valence electrons. The minimum absolute atomic E-state index is 0.0543. The molecule has 4 aromatic heterocycles. The summed E-state index contributed by atoms with van der Waals surface area (Å²) in [5, 5.41) is 8.45. The summed E-state index contributed by atoms with van der Waals surface area (Å²) in [7, 11) is 0. The normalized spacial score (nSPS) is 12.2. The summed E-state index contributed by atoms with van der Waals surface area (Å²) >= 11 is 0. The second-order valence-electron chi connectivity index (χ2n) is 12.7. The highest BCUT2D eigenvalue weighted by molar-refractivity contribution is 6.24. The van der Waals surface area contributed by atoms with Crippen molar-refractivity contribution in [1.29, 1.82) is 0 Å². The van der Waals surface area contributed by atoms with Gasteiger partial charge in [-0.3, -0.25) is 9.20 Å². The smallest absolute Gasteiger partial charge is 0.266 e. The Morgan fingerprint density at radius 3 is 1.57 bits per heavy atom. The van der Waals surface area contributed by atoms with Crippen LogP contribution in [0, 0.1) is 0 Å². The second-order valence-corrected chi connectivity index (χ2v) is 12.7. The number of benzene rings is 7. The van der Waals surface area contributed by atoms with Gasteiger partial charge in [0.15, 0.2) is 0 Å². The highest BCUT2D eigenvalue weighted by Gasteiger charge is 2.22. The van der Waals surface area contributed by atoms with Crippen molar-refractivity contribution in [2.24, 2.45) is 0 Å². The topological polar surface area (TPSA) is 44.2 Å². The predicted molar refractivity (Wildman–Crippen MR) is 203 cm³/mol. The highest BCUT2D eigenvalue weighted by atomic mass is 16.1. The summed E-state index contributed by atoms with van der Waals surface area (Å²) in [5.41, 5.74) is 8.97. The summed E-state index contributed by atoms with van der Waals surface area (Å²) in [6.07, 6.45) is 0. The molecule has 0 aliphatic heterocycles. The number of para-hydroxylation sites is 5. The Kier molecular flexibility index (Phi) is 5.19. The standard InChI is InChI=1S/C44H26N4O/c49-44-35-17-4-8-18-37(35)45-43-34-23-22-28(26-36(34)31-16-7-11-21-40(31)48(43)44)47-39-20-10-6-15-30(39)33-25-24-32-29-14-5-9-19-38(29)46(41(32)42(33)47)27-12-2-1-3-13-27/h1-26H. The molecule has 0 radical (unpaired) electrons. The first kappa shape index (κ1) is 26.4. The molecule has 0 spiro atoms. The van der Waals surface area contributed by atoms with Crippen LogP contribution >= 0.6 is 0 Å². The van der Waals surface area contributed by atoms with Crippen LogP contribution in [0.2, 0.25) is 0 Å². The van der Waals surface area contributed by atoms with Crippen molar-refractivity contribution in [3.63, 3.8) is 0 Å². The Labute approximate surface area is 279 Å². The molecule has 0 unspecified atom stereocenters. The van der Waals surface area contributed by atoms with Crippen molar-refractivity contribution in [2.75, 3.05) is 0 Å². The number of nitrogens with zero attached hydrogens (tertiary/aromatic N) is 4. The lowest BCUT2D eigenvalue weighted by molar-refractivity contribution is 1.14. The molecule has 4 heterocycles. The van der Waals surface area contributed by atoms with Gasteiger partial charge in [0.05, 0.1) is 38.5 Å². The van der Waals surface area contributed by atoms with Crippen LogP contribution in [-0.2, 0) is 0 Å². The lowest BCUT2D eigenvalue weighted by atomic mass is 10.0. The maximum Gasteiger partial charge on any atom is 0.266 e. The van der Waals surface area contributed by atoms with Gasteiger partial charge in [-0.05, 0) is 66.0 Å². The summed E-state index contributed by atoms with van der Waals surface area (Å²) in [6.45, 7) is 0. The van der Waals surface area contributed by atoms with Crippen molar-refractivity contribution >= 4 is 81.8 Å². The predicted octanol–water partition coefficient (Wildman–Crippen LogP) is 10.3. The van der Waals surface area contributed by atoms with E-state index in [1.165, 1.54) is 32.6 Å². The van der Waals surface area contributed by atoms with Gasteiger partial charge in [-0.1, -0.05) is 97.1 Å². The molecule has 11 aromatic rings. The second kappa shape index (κ2) is 9.66. The minimum atomic E-state index is -0.0543. The third-order valence-electron chi connectivity index (χ3n) is 10.2. The maximum atomic E-state index is 14.0. The molecule has 49 heavy (non-hydrogen) atoms. The number of fused-ring (bicyclic) bond motifs is 14. The summed E-state index contributed by atoms with van der Waals surface area (Å²) in [5.74, 6) is 0. The maximum absolute atomic E-state index is 14.0. The van der Waals surface area contributed by atoms with E-state index in [0.29, 0.717) is 16.6 Å². The number of rotatable bonds is 2. The zero-order chi connectivity index (χ0) is 32.2. The molecule has 0 bridgehead atoms. The van der Waals surface area contributed by atoms with Gasteiger partial charge in [-0.2, -0.15) is 0 Å². The van der Waals surface area contributed by atoms with E-state index in [1.54, 1.807) is 4.40 Å². The average Bonchev–Trinajstić information content (AvgIpc) is 3.68. The zero-order valence-corrected chi connectivity index (χ0v) is 26.2. The van der Waals surface area contributed by atoms with Crippen molar-refractivity contribution in [3.05, 3.63) is 168 Å². The first-order chi connectivity index (χ1) is 24.3. The monoisotopic (exact) mass is 626 g/mol. The Balaban J connectivity index is 1.33. The van der Waals surface area contributed by atoms with E-state index in [9.17, 15) is 4.79 Å². The first-order valence-electron chi connectivity index (χ1n) is 16.5. The third kappa shape index (κ3) is 3.48. The number of hydrogen-bond donors (Lipinski definition) is 0. The molecule has 11 rings (SSSR count). The molecule has 0 fully saturated rings. The molecule has 0 amide bonds. The molecule has 0 aliphatic carbocycles. The Morgan fingerprint density at radius 2 is 0.898 bits per heavy atom. The zero-order valence-electron chi connectivity index (χ0n) is 26.2. The fourth-order valence-electron chi connectivity index (χ4n) is 8.14. The van der Waals surface area contributed by atoms with Crippen molar-refractivity contribution in [1.82, 2.24) is 18.5 Å². The van der Waals surface area contributed by atoms with Gasteiger partial charge in [0.2, 0.25) is 0 Å². The number of pyridine rings is 1. The third-order valence-corrected chi connectivity index (χ3v) is 10.2. The van der Waals surface area contributed by atoms with E-state index in [1.807, 2.05) is 42.5 Å². The van der Waals surface area contributed by atoms with Crippen molar-refractivity contribution < 1.29 is 0 Å². The minimum Gasteiger partial charge on any atom is -0.307 e. The fourth-order valence-corrected chi connectivity index (χ4v) is 8.14. The van der Waals surface area contributed by atoms with Gasteiger partial charge < -0.3 is 9.13 Å². The van der Waals surface area contributed by atoms with E-state index in [2.05, 4.69) is 124 Å². The van der Waals surface area contributed by atoms with Gasteiger partial charge >= 0.3 is 0 Å². The van der Waals surface area contributed by atoms with Gasteiger partial charge in [0.1, 0.15) is 5.65 Å². The Morgan fingerprint density at radius 1 is 0.388 bits per heavy atom. The van der Waals surface area contributed by atoms with Gasteiger partial charge in [-0.25, -0.2) is 4.98 Å². The largest absolute Gasteiger partial charge is 0.307 e. The molecule has 0 atom stereocenters. The fraction of sp³-hybridized carbons (Fsp3) is 0. The van der Waals surface area contributed by atoms with Crippen LogP contribution < -0.4 is 5.56 Å². The molecule has 0 aliphatic rings. The first-order valence-corrected chi connectivity index (χ1v) is 16.5. The van der Waals surface area contributed by atoms with E-state index >= 15 is 0 Å². The van der Waals surface area contributed by atoms with Crippen LogP contribution in [-0.4, -0.2) is 18.5 Å². The molecular weight excluding hydrogens is 601 g/mol. The molecule has 5 nitrogen and oxygen atoms in total. The van der Waals surface area contributed by atoms with Crippen molar-refractivity contribution in [2.45, 2.75) is 0 Å². The number of hydrogen-bond acceptors (Lipinski definition) is 2. The summed E-state index contributed by atoms with van der Waals surface area (Å²) < 4.78 is 6.61. The van der Waals surface area contributed by atoms with Crippen LogP contribution in [0.3, 0.4) is 0 Å². The lowest BCUT2D eigenvalue weighted by Gasteiger charge is -2.15. The van der Waals surface area contributed by atoms with Crippen LogP contribution in [0.4, 0.5) is 0 Å². The van der Waals surface area contributed by atoms with E-state index in [4.69, 9.17) is 4.98 Å². The van der Waals surface area contributed by atoms with E-state index < -0.39 is 0 Å². The van der Waals surface area contributed by atoms with Crippen LogP contribution in [0.1, 0.15) is 0 Å². The average molecular weight is 627 g/mol. The van der Waals surface area contributed by atoms with Gasteiger partial charge in [0, 0.05) is 43.7 Å². The van der Waals surface area contributed by atoms with E-state index in [-0.39, 0.29) is 5.56 Å². The molecule has 5 heteroatoms. The highest BCUT2D eigenvalue weighted by Crippen LogP contribution is 2.42. The quantitative estimate of drug-likeness (QED) is 0.142. The van der Waals surface area contributed by atoms with Crippen LogP contribution in [0.25, 0.3) is 93.2 Å². The Bertz CT molecular complexity index is 3240. The van der Waals surface area contributed by atoms with Gasteiger partial charge in [0.25, 0.3) is 5.56 Å². The van der Waals surface area contributed by atoms with Crippen LogP contribution in [0.15, 0.2) is 163 Å². The molecule has 7 aromatic carbocycles. The Hall–Kier alpha value is -6.72. The van der Waals surface area contributed by atoms with E-state index in [0.717, 1.165) is 44.1 Å². The number of aromatic nitrogens is 4. The molecule has 0 saturated carbocycles. The van der Waals surface area contributed by atoms with Crippen LogP contribution in [0.5, 0.6) is 0 Å².